The lowest BCUT2D eigenvalue weighted by molar-refractivity contribution is 0.869. The van der Waals surface area contributed by atoms with E-state index in [4.69, 9.17) is 0 Å². The van der Waals surface area contributed by atoms with Crippen LogP contribution in [-0.2, 0) is 6.42 Å². The molecule has 1 rings (SSSR count). The first-order valence-corrected chi connectivity index (χ1v) is 4.98. The minimum atomic E-state index is 0.388. The Labute approximate surface area is 85.2 Å². The normalized spacial score (nSPS) is 10.4. The van der Waals surface area contributed by atoms with E-state index in [1.807, 2.05) is 20.0 Å². The van der Waals surface area contributed by atoms with Crippen LogP contribution < -0.4 is 10.6 Å². The van der Waals surface area contributed by atoms with Gasteiger partial charge in [-0.05, 0) is 13.8 Å². The van der Waals surface area contributed by atoms with Crippen LogP contribution in [0.25, 0.3) is 0 Å². The van der Waals surface area contributed by atoms with Crippen molar-refractivity contribution in [3.63, 3.8) is 0 Å². The summed E-state index contributed by atoms with van der Waals surface area (Å²) in [5.74, 6) is 2.61. The first-order valence-electron chi connectivity index (χ1n) is 4.98. The molecule has 0 radical (unpaired) electrons. The summed E-state index contributed by atoms with van der Waals surface area (Å²) in [7, 11) is 1.86. The molecular weight excluding hydrogens is 176 g/mol. The van der Waals surface area contributed by atoms with Crippen LogP contribution in [0.15, 0.2) is 6.07 Å². The molecule has 4 nitrogen and oxygen atoms in total. The maximum Gasteiger partial charge on any atom is 0.132 e. The maximum atomic E-state index is 4.38. The Kier molecular flexibility index (Phi) is 3.68. The molecule has 0 saturated heterocycles. The summed E-state index contributed by atoms with van der Waals surface area (Å²) in [6.07, 6.45) is 0.849. The highest BCUT2D eigenvalue weighted by molar-refractivity contribution is 5.47. The molecule has 14 heavy (non-hydrogen) atoms. The number of hydrogen-bond acceptors (Lipinski definition) is 4. The number of aryl methyl sites for hydroxylation is 1. The number of hydrogen-bond donors (Lipinski definition) is 2. The summed E-state index contributed by atoms with van der Waals surface area (Å²) in [4.78, 5) is 8.69. The smallest absolute Gasteiger partial charge is 0.132 e. The molecule has 78 valence electrons. The van der Waals surface area contributed by atoms with Gasteiger partial charge in [-0.1, -0.05) is 6.92 Å². The molecule has 0 aliphatic rings. The second-order valence-electron chi connectivity index (χ2n) is 3.46. The summed E-state index contributed by atoms with van der Waals surface area (Å²) in [6.45, 7) is 6.23. The van der Waals surface area contributed by atoms with Gasteiger partial charge in [0.25, 0.3) is 0 Å². The Hall–Kier alpha value is -1.32. The third kappa shape index (κ3) is 2.87. The van der Waals surface area contributed by atoms with Crippen LogP contribution in [0.4, 0.5) is 11.6 Å². The number of anilines is 2. The molecular formula is C10H18N4. The summed E-state index contributed by atoms with van der Waals surface area (Å²) in [6, 6.07) is 2.30. The molecule has 1 heterocycles. The van der Waals surface area contributed by atoms with E-state index in [9.17, 15) is 0 Å². The first-order chi connectivity index (χ1) is 6.65. The van der Waals surface area contributed by atoms with Gasteiger partial charge in [-0.3, -0.25) is 0 Å². The Morgan fingerprint density at radius 1 is 1.29 bits per heavy atom. The van der Waals surface area contributed by atoms with Gasteiger partial charge in [0.15, 0.2) is 0 Å². The largest absolute Gasteiger partial charge is 0.373 e. The number of nitrogens with zero attached hydrogens (tertiary/aromatic N) is 2. The van der Waals surface area contributed by atoms with E-state index in [1.165, 1.54) is 0 Å². The standard InChI is InChI=1S/C10H18N4/c1-5-8-13-9(11-4)6-10(14-8)12-7(2)3/h6-7H,5H2,1-4H3,(H2,11,12,13,14). The molecule has 0 aromatic carbocycles. The van der Waals surface area contributed by atoms with Crippen molar-refractivity contribution in [2.24, 2.45) is 0 Å². The number of rotatable bonds is 4. The van der Waals surface area contributed by atoms with Crippen molar-refractivity contribution in [1.29, 1.82) is 0 Å². The van der Waals surface area contributed by atoms with E-state index < -0.39 is 0 Å². The number of aromatic nitrogens is 2. The molecule has 4 heteroatoms. The van der Waals surface area contributed by atoms with Crippen LogP contribution in [0.5, 0.6) is 0 Å². The van der Waals surface area contributed by atoms with Crippen LogP contribution in [0.1, 0.15) is 26.6 Å². The molecule has 0 atom stereocenters. The van der Waals surface area contributed by atoms with Gasteiger partial charge in [0.05, 0.1) is 0 Å². The summed E-state index contributed by atoms with van der Waals surface area (Å²) in [5.41, 5.74) is 0. The molecule has 0 aliphatic carbocycles. The van der Waals surface area contributed by atoms with Crippen molar-refractivity contribution in [3.05, 3.63) is 11.9 Å². The maximum absolute atomic E-state index is 4.38. The molecule has 0 spiro atoms. The predicted octanol–water partition coefficient (Wildman–Crippen LogP) is 1.90. The lowest BCUT2D eigenvalue weighted by atomic mass is 10.3. The zero-order valence-corrected chi connectivity index (χ0v) is 9.26. The highest BCUT2D eigenvalue weighted by Crippen LogP contribution is 2.11. The highest BCUT2D eigenvalue weighted by Gasteiger charge is 2.02. The van der Waals surface area contributed by atoms with E-state index in [-0.39, 0.29) is 0 Å². The highest BCUT2D eigenvalue weighted by atomic mass is 15.1. The topological polar surface area (TPSA) is 49.8 Å². The molecule has 0 saturated carbocycles. The SMILES string of the molecule is CCc1nc(NC)cc(NC(C)C)n1. The Balaban J connectivity index is 2.92. The Morgan fingerprint density at radius 3 is 2.43 bits per heavy atom. The van der Waals surface area contributed by atoms with Gasteiger partial charge < -0.3 is 10.6 Å². The summed E-state index contributed by atoms with van der Waals surface area (Å²) in [5, 5.41) is 6.29. The summed E-state index contributed by atoms with van der Waals surface area (Å²) >= 11 is 0. The van der Waals surface area contributed by atoms with Crippen LogP contribution in [0.3, 0.4) is 0 Å². The fourth-order valence-electron chi connectivity index (χ4n) is 1.15. The van der Waals surface area contributed by atoms with Crippen molar-refractivity contribution in [3.8, 4) is 0 Å². The quantitative estimate of drug-likeness (QED) is 0.768. The minimum Gasteiger partial charge on any atom is -0.373 e. The fraction of sp³-hybridized carbons (Fsp3) is 0.600. The third-order valence-corrected chi connectivity index (χ3v) is 1.78. The first kappa shape index (κ1) is 10.8. The zero-order chi connectivity index (χ0) is 10.6. The fourth-order valence-corrected chi connectivity index (χ4v) is 1.15. The van der Waals surface area contributed by atoms with Crippen molar-refractivity contribution < 1.29 is 0 Å². The van der Waals surface area contributed by atoms with Gasteiger partial charge in [0, 0.05) is 25.6 Å². The average molecular weight is 194 g/mol. The van der Waals surface area contributed by atoms with Crippen LogP contribution >= 0.6 is 0 Å². The molecule has 0 unspecified atom stereocenters. The third-order valence-electron chi connectivity index (χ3n) is 1.78. The average Bonchev–Trinajstić information content (AvgIpc) is 2.16. The van der Waals surface area contributed by atoms with Gasteiger partial charge in [0.1, 0.15) is 17.5 Å². The van der Waals surface area contributed by atoms with Crippen molar-refractivity contribution >= 4 is 11.6 Å². The lowest BCUT2D eigenvalue weighted by Gasteiger charge is -2.11. The van der Waals surface area contributed by atoms with Gasteiger partial charge in [-0.15, -0.1) is 0 Å². The molecule has 2 N–H and O–H groups in total. The molecule has 0 aliphatic heterocycles. The second kappa shape index (κ2) is 4.79. The zero-order valence-electron chi connectivity index (χ0n) is 9.26. The van der Waals surface area contributed by atoms with E-state index in [2.05, 4.69) is 34.4 Å². The van der Waals surface area contributed by atoms with E-state index in [0.717, 1.165) is 23.9 Å². The van der Waals surface area contributed by atoms with Gasteiger partial charge in [0.2, 0.25) is 0 Å². The van der Waals surface area contributed by atoms with Crippen molar-refractivity contribution in [1.82, 2.24) is 9.97 Å². The predicted molar refractivity (Wildman–Crippen MR) is 59.7 cm³/mol. The van der Waals surface area contributed by atoms with E-state index in [0.29, 0.717) is 6.04 Å². The van der Waals surface area contributed by atoms with Crippen LogP contribution in [0.2, 0.25) is 0 Å². The van der Waals surface area contributed by atoms with Crippen LogP contribution in [-0.4, -0.2) is 23.1 Å². The van der Waals surface area contributed by atoms with Gasteiger partial charge in [-0.25, -0.2) is 9.97 Å². The van der Waals surface area contributed by atoms with Crippen molar-refractivity contribution in [2.75, 3.05) is 17.7 Å². The Bertz CT molecular complexity index is 274. The second-order valence-corrected chi connectivity index (χ2v) is 3.46. The number of nitrogens with one attached hydrogen (secondary N) is 2. The molecule has 1 aromatic rings. The van der Waals surface area contributed by atoms with Crippen LogP contribution in [0, 0.1) is 0 Å². The molecule has 0 fully saturated rings. The van der Waals surface area contributed by atoms with E-state index >= 15 is 0 Å². The summed E-state index contributed by atoms with van der Waals surface area (Å²) < 4.78 is 0. The monoisotopic (exact) mass is 194 g/mol. The molecule has 1 aromatic heterocycles. The van der Waals surface area contributed by atoms with Gasteiger partial charge >= 0.3 is 0 Å². The molecule has 0 amide bonds. The lowest BCUT2D eigenvalue weighted by Crippen LogP contribution is -2.12. The minimum absolute atomic E-state index is 0.388. The Morgan fingerprint density at radius 2 is 1.93 bits per heavy atom. The van der Waals surface area contributed by atoms with E-state index in [1.54, 1.807) is 0 Å². The molecule has 0 bridgehead atoms. The van der Waals surface area contributed by atoms with Gasteiger partial charge in [-0.2, -0.15) is 0 Å². The van der Waals surface area contributed by atoms with Crippen molar-refractivity contribution in [2.45, 2.75) is 33.2 Å².